The largest absolute Gasteiger partial charge is 0.376 e. The van der Waals surface area contributed by atoms with Crippen molar-refractivity contribution in [3.05, 3.63) is 0 Å². The Labute approximate surface area is 67.9 Å². The highest BCUT2D eigenvalue weighted by molar-refractivity contribution is 5.78. The van der Waals surface area contributed by atoms with Crippen molar-refractivity contribution in [2.45, 2.75) is 0 Å². The molecule has 4 amide bonds. The molecule has 0 saturated heterocycles. The van der Waals surface area contributed by atoms with Crippen LogP contribution in [0.25, 0.3) is 0 Å². The molecule has 0 fully saturated rings. The minimum atomic E-state index is -0.989. The van der Waals surface area contributed by atoms with Gasteiger partial charge in [-0.1, -0.05) is 0 Å². The van der Waals surface area contributed by atoms with Crippen LogP contribution < -0.4 is 16.5 Å². The van der Waals surface area contributed by atoms with E-state index in [1.165, 1.54) is 0 Å². The number of carbonyl (C=O) groups is 2. The van der Waals surface area contributed by atoms with Gasteiger partial charge < -0.3 is 21.3 Å². The summed E-state index contributed by atoms with van der Waals surface area (Å²) in [6, 6.07) is -1.85. The second-order valence-corrected chi connectivity index (χ2v) is 1.69. The Kier molecular flexibility index (Phi) is 4.49. The van der Waals surface area contributed by atoms with E-state index in [2.05, 4.69) is 5.73 Å². The van der Waals surface area contributed by atoms with Crippen molar-refractivity contribution in [3.8, 4) is 0 Å². The van der Waals surface area contributed by atoms with E-state index in [0.29, 0.717) is 5.01 Å². The average Bonchev–Trinajstić information content (AvgIpc) is 2.00. The number of nitrogens with two attached hydrogens (primary N) is 1. The lowest BCUT2D eigenvalue weighted by Crippen LogP contribution is -2.52. The predicted molar refractivity (Wildman–Crippen MR) is 37.3 cm³/mol. The van der Waals surface area contributed by atoms with Crippen LogP contribution in [0.4, 0.5) is 9.59 Å². The first-order valence-corrected chi connectivity index (χ1v) is 2.95. The van der Waals surface area contributed by atoms with Gasteiger partial charge in [-0.2, -0.15) is 0 Å². The summed E-state index contributed by atoms with van der Waals surface area (Å²) < 4.78 is 0. The minimum absolute atomic E-state index is 0.499. The maximum absolute atomic E-state index is 10.7. The molecule has 12 heavy (non-hydrogen) atoms. The summed E-state index contributed by atoms with van der Waals surface area (Å²) in [4.78, 5) is 20.9. The van der Waals surface area contributed by atoms with Crippen LogP contribution in [0.15, 0.2) is 0 Å². The third-order valence-corrected chi connectivity index (χ3v) is 0.862. The molecule has 0 saturated carbocycles. The van der Waals surface area contributed by atoms with Gasteiger partial charge >= 0.3 is 12.1 Å². The molecule has 0 aliphatic heterocycles. The van der Waals surface area contributed by atoms with E-state index in [0.717, 1.165) is 0 Å². The number of carbonyl (C=O) groups excluding carboxylic acids is 2. The maximum Gasteiger partial charge on any atom is 0.340 e. The van der Waals surface area contributed by atoms with Gasteiger partial charge in [0.2, 0.25) is 0 Å². The number of amides is 4. The quantitative estimate of drug-likeness (QED) is 0.236. The predicted octanol–water partition coefficient (Wildman–Crippen LogP) is -2.52. The van der Waals surface area contributed by atoms with E-state index in [4.69, 9.17) is 10.2 Å². The number of rotatable bonds is 2. The van der Waals surface area contributed by atoms with Gasteiger partial charge in [-0.25, -0.2) is 20.0 Å². The molecule has 0 bridgehead atoms. The van der Waals surface area contributed by atoms with Crippen LogP contribution in [0.2, 0.25) is 0 Å². The van der Waals surface area contributed by atoms with Crippen LogP contribution in [-0.4, -0.2) is 40.7 Å². The molecular weight excluding hydrogens is 168 g/mol. The van der Waals surface area contributed by atoms with Crippen molar-refractivity contribution in [1.82, 2.24) is 15.8 Å². The van der Waals surface area contributed by atoms with Gasteiger partial charge in [-0.3, -0.25) is 0 Å². The molecule has 6 N–H and O–H groups in total. The van der Waals surface area contributed by atoms with Crippen molar-refractivity contribution in [2.75, 3.05) is 13.5 Å². The van der Waals surface area contributed by atoms with E-state index in [1.807, 2.05) is 10.7 Å². The fraction of sp³-hybridized carbons (Fsp3) is 0.500. The molecule has 8 heteroatoms. The number of hydrogen-bond acceptors (Lipinski definition) is 4. The van der Waals surface area contributed by atoms with Gasteiger partial charge in [0, 0.05) is 0 Å². The van der Waals surface area contributed by atoms with E-state index < -0.39 is 25.5 Å². The number of hydrazine groups is 1. The second-order valence-electron chi connectivity index (χ2n) is 1.69. The van der Waals surface area contributed by atoms with Gasteiger partial charge in [0.25, 0.3) is 0 Å². The van der Waals surface area contributed by atoms with Gasteiger partial charge in [-0.15, -0.1) is 0 Å². The summed E-state index contributed by atoms with van der Waals surface area (Å²) in [5, 5.41) is 19.1. The Morgan fingerprint density at radius 3 is 2.33 bits per heavy atom. The zero-order chi connectivity index (χ0) is 9.56. The molecule has 0 radical (unpaired) electrons. The molecule has 0 rings (SSSR count). The van der Waals surface area contributed by atoms with Crippen molar-refractivity contribution in [3.63, 3.8) is 0 Å². The zero-order valence-corrected chi connectivity index (χ0v) is 6.15. The van der Waals surface area contributed by atoms with Crippen LogP contribution in [-0.2, 0) is 0 Å². The van der Waals surface area contributed by atoms with Crippen molar-refractivity contribution in [2.24, 2.45) is 5.73 Å². The zero-order valence-electron chi connectivity index (χ0n) is 6.15. The second kappa shape index (κ2) is 5.16. The molecule has 0 aromatic carbocycles. The van der Waals surface area contributed by atoms with Gasteiger partial charge in [-0.05, 0) is 0 Å². The number of hydrogen-bond donors (Lipinski definition) is 5. The lowest BCUT2D eigenvalue weighted by atomic mass is 10.8. The van der Waals surface area contributed by atoms with Crippen LogP contribution in [0.1, 0.15) is 0 Å². The number of primary amides is 1. The summed E-state index contributed by atoms with van der Waals surface area (Å²) in [5.74, 6) is 0. The molecule has 0 aliphatic carbocycles. The molecular formula is C4H10N4O4. The third-order valence-electron chi connectivity index (χ3n) is 0.862. The molecule has 0 heterocycles. The van der Waals surface area contributed by atoms with Crippen LogP contribution in [0.5, 0.6) is 0 Å². The first-order valence-electron chi connectivity index (χ1n) is 2.95. The average molecular weight is 178 g/mol. The first kappa shape index (κ1) is 10.5. The van der Waals surface area contributed by atoms with Crippen LogP contribution in [0.3, 0.4) is 0 Å². The Bertz CT molecular complexity index is 172. The molecule has 0 atom stereocenters. The molecule has 0 unspecified atom stereocenters. The summed E-state index contributed by atoms with van der Waals surface area (Å²) in [6.07, 6.45) is 0. The van der Waals surface area contributed by atoms with Crippen molar-refractivity contribution in [1.29, 1.82) is 0 Å². The van der Waals surface area contributed by atoms with Crippen molar-refractivity contribution >= 4 is 12.1 Å². The first-order chi connectivity index (χ1) is 5.61. The lowest BCUT2D eigenvalue weighted by molar-refractivity contribution is 0.0902. The SMILES string of the molecule is NC(=O)NN(CO)C(=O)NCO. The summed E-state index contributed by atoms with van der Waals surface area (Å²) in [5.41, 5.74) is 6.47. The van der Waals surface area contributed by atoms with Crippen LogP contribution in [0, 0.1) is 0 Å². The fourth-order valence-electron chi connectivity index (χ4n) is 0.446. The highest BCUT2D eigenvalue weighted by Gasteiger charge is 2.11. The number of nitrogens with zero attached hydrogens (tertiary/aromatic N) is 1. The normalized spacial score (nSPS) is 8.83. The van der Waals surface area contributed by atoms with Crippen molar-refractivity contribution < 1.29 is 19.8 Å². The number of aliphatic hydroxyl groups excluding tert-OH is 2. The summed E-state index contributed by atoms with van der Waals surface area (Å²) in [7, 11) is 0. The molecule has 0 spiro atoms. The summed E-state index contributed by atoms with van der Waals surface area (Å²) in [6.45, 7) is -1.34. The molecule has 0 aromatic heterocycles. The number of urea groups is 2. The Hall–Kier alpha value is -1.54. The van der Waals surface area contributed by atoms with E-state index in [-0.39, 0.29) is 0 Å². The topological polar surface area (TPSA) is 128 Å². The fourth-order valence-corrected chi connectivity index (χ4v) is 0.446. The maximum atomic E-state index is 10.7. The monoisotopic (exact) mass is 178 g/mol. The van der Waals surface area contributed by atoms with E-state index in [1.54, 1.807) is 0 Å². The minimum Gasteiger partial charge on any atom is -0.376 e. The lowest BCUT2D eigenvalue weighted by Gasteiger charge is -2.18. The Morgan fingerprint density at radius 2 is 2.00 bits per heavy atom. The van der Waals surface area contributed by atoms with Gasteiger partial charge in [0.1, 0.15) is 13.5 Å². The Morgan fingerprint density at radius 1 is 1.42 bits per heavy atom. The number of aliphatic hydroxyl groups is 2. The van der Waals surface area contributed by atoms with Crippen LogP contribution >= 0.6 is 0 Å². The highest BCUT2D eigenvalue weighted by Crippen LogP contribution is 1.80. The molecule has 0 aromatic rings. The standard InChI is InChI=1S/C4H10N4O4/c5-3(11)7-8(2-10)4(12)6-1-9/h9-10H,1-2H2,(H,6,12)(H3,5,7,11). The molecule has 8 nitrogen and oxygen atoms in total. The number of nitrogens with one attached hydrogen (secondary N) is 2. The molecule has 0 aliphatic rings. The molecule has 70 valence electrons. The van der Waals surface area contributed by atoms with E-state index in [9.17, 15) is 9.59 Å². The van der Waals surface area contributed by atoms with Gasteiger partial charge in [0.15, 0.2) is 0 Å². The summed E-state index contributed by atoms with van der Waals surface area (Å²) >= 11 is 0. The van der Waals surface area contributed by atoms with Gasteiger partial charge in [0.05, 0.1) is 0 Å². The van der Waals surface area contributed by atoms with E-state index >= 15 is 0 Å². The highest BCUT2D eigenvalue weighted by atomic mass is 16.3. The third kappa shape index (κ3) is 3.58. The smallest absolute Gasteiger partial charge is 0.340 e. The Balaban J connectivity index is 3.96.